The highest BCUT2D eigenvalue weighted by Crippen LogP contribution is 2.43. The van der Waals surface area contributed by atoms with Crippen LogP contribution in [-0.2, 0) is 12.0 Å². The molecule has 0 aliphatic carbocycles. The molecule has 38 heavy (non-hydrogen) atoms. The Morgan fingerprint density at radius 3 is 1.95 bits per heavy atom. The maximum atomic E-state index is 12.3. The predicted molar refractivity (Wildman–Crippen MR) is 152 cm³/mol. The van der Waals surface area contributed by atoms with E-state index in [1.807, 2.05) is 72.8 Å². The zero-order valence-electron chi connectivity index (χ0n) is 22.7. The van der Waals surface area contributed by atoms with Crippen LogP contribution in [0.5, 0.6) is 11.5 Å². The first-order chi connectivity index (χ1) is 18.4. The number of aromatic nitrogens is 2. The Balaban J connectivity index is 1.50. The fraction of sp³-hybridized carbons (Fsp3) is 0.375. The summed E-state index contributed by atoms with van der Waals surface area (Å²) in [6, 6.07) is 24.1. The molecule has 0 saturated carbocycles. The molecule has 0 radical (unpaired) electrons. The van der Waals surface area contributed by atoms with Gasteiger partial charge in [0.25, 0.3) is 0 Å². The van der Waals surface area contributed by atoms with E-state index in [9.17, 15) is 5.11 Å². The van der Waals surface area contributed by atoms with Crippen LogP contribution >= 0.6 is 0 Å². The van der Waals surface area contributed by atoms with Gasteiger partial charge in [-0.2, -0.15) is 0 Å². The van der Waals surface area contributed by atoms with Gasteiger partial charge in [-0.25, -0.2) is 9.97 Å². The molecule has 1 saturated heterocycles. The number of anilines is 1. The van der Waals surface area contributed by atoms with Crippen molar-refractivity contribution in [2.45, 2.75) is 38.7 Å². The Bertz CT molecular complexity index is 1330. The van der Waals surface area contributed by atoms with E-state index >= 15 is 0 Å². The molecule has 1 N–H and O–H groups in total. The second kappa shape index (κ2) is 11.0. The van der Waals surface area contributed by atoms with E-state index in [-0.39, 0.29) is 5.92 Å². The summed E-state index contributed by atoms with van der Waals surface area (Å²) < 4.78 is 11.2. The van der Waals surface area contributed by atoms with Crippen LogP contribution in [0.3, 0.4) is 0 Å². The third-order valence-corrected chi connectivity index (χ3v) is 7.63. The van der Waals surface area contributed by atoms with E-state index in [1.165, 1.54) is 0 Å². The average Bonchev–Trinajstić information content (AvgIpc) is 2.96. The van der Waals surface area contributed by atoms with E-state index in [0.717, 1.165) is 66.0 Å². The second-order valence-corrected chi connectivity index (χ2v) is 10.5. The highest BCUT2D eigenvalue weighted by atomic mass is 16.5. The summed E-state index contributed by atoms with van der Waals surface area (Å²) in [4.78, 5) is 12.3. The molecule has 6 heteroatoms. The number of nitrogens with zero attached hydrogens (tertiary/aromatic N) is 3. The number of ether oxygens (including phenoxy) is 2. The topological polar surface area (TPSA) is 67.7 Å². The largest absolute Gasteiger partial charge is 0.493 e. The zero-order chi connectivity index (χ0) is 26.7. The minimum absolute atomic E-state index is 0.0708. The fourth-order valence-electron chi connectivity index (χ4n) is 5.72. The Morgan fingerprint density at radius 2 is 1.42 bits per heavy atom. The van der Waals surface area contributed by atoms with Gasteiger partial charge >= 0.3 is 0 Å². The van der Waals surface area contributed by atoms with Gasteiger partial charge in [-0.15, -0.1) is 0 Å². The summed E-state index contributed by atoms with van der Waals surface area (Å²) in [5.41, 5.74) is 1.68. The van der Waals surface area contributed by atoms with Crippen molar-refractivity contribution in [3.8, 4) is 11.5 Å². The maximum absolute atomic E-state index is 12.3. The van der Waals surface area contributed by atoms with Crippen molar-refractivity contribution >= 4 is 16.7 Å². The van der Waals surface area contributed by atoms with Gasteiger partial charge in [0.15, 0.2) is 11.5 Å². The van der Waals surface area contributed by atoms with Crippen LogP contribution in [0.2, 0.25) is 0 Å². The Kier molecular flexibility index (Phi) is 7.52. The number of piperidine rings is 1. The summed E-state index contributed by atoms with van der Waals surface area (Å²) >= 11 is 0. The van der Waals surface area contributed by atoms with Crippen LogP contribution in [0.4, 0.5) is 5.82 Å². The van der Waals surface area contributed by atoms with E-state index in [2.05, 4.69) is 18.7 Å². The standard InChI is InChI=1S/C32H37N3O3/c1-22(2)19-30-33-27-21-29(38-4)28(37-3)20-26(27)31(34-30)35-17-15-25(16-18-35)32(36,23-11-7-5-8-12-23)24-13-9-6-10-14-24/h5-14,20-22,25,36H,15-19H2,1-4H3. The molecule has 0 atom stereocenters. The number of benzene rings is 3. The van der Waals surface area contributed by atoms with Crippen LogP contribution < -0.4 is 14.4 Å². The molecule has 1 aliphatic heterocycles. The lowest BCUT2D eigenvalue weighted by Gasteiger charge is -2.42. The van der Waals surface area contributed by atoms with Crippen molar-refractivity contribution in [3.63, 3.8) is 0 Å². The molecular weight excluding hydrogens is 474 g/mol. The molecule has 0 bridgehead atoms. The van der Waals surface area contributed by atoms with Crippen molar-refractivity contribution in [2.75, 3.05) is 32.2 Å². The smallest absolute Gasteiger partial charge is 0.162 e. The van der Waals surface area contributed by atoms with E-state index < -0.39 is 5.60 Å². The Hall–Kier alpha value is -3.64. The minimum atomic E-state index is -1.05. The Labute approximate surface area is 225 Å². The summed E-state index contributed by atoms with van der Waals surface area (Å²) in [5, 5.41) is 13.3. The zero-order valence-corrected chi connectivity index (χ0v) is 22.7. The Morgan fingerprint density at radius 1 is 0.868 bits per heavy atom. The lowest BCUT2D eigenvalue weighted by Crippen LogP contribution is -2.44. The lowest BCUT2D eigenvalue weighted by atomic mass is 9.72. The van der Waals surface area contributed by atoms with Gasteiger partial charge in [0.1, 0.15) is 17.2 Å². The van der Waals surface area contributed by atoms with Gasteiger partial charge in [0, 0.05) is 31.0 Å². The van der Waals surface area contributed by atoms with E-state index in [4.69, 9.17) is 19.4 Å². The van der Waals surface area contributed by atoms with Crippen molar-refractivity contribution in [1.82, 2.24) is 9.97 Å². The SMILES string of the molecule is COc1cc2nc(CC(C)C)nc(N3CCC(C(O)(c4ccccc4)c4ccccc4)CC3)c2cc1OC. The van der Waals surface area contributed by atoms with Gasteiger partial charge in [-0.05, 0) is 41.9 Å². The minimum Gasteiger partial charge on any atom is -0.493 e. The summed E-state index contributed by atoms with van der Waals surface area (Å²) in [6.07, 6.45) is 2.46. The molecule has 4 aromatic rings. The highest BCUT2D eigenvalue weighted by Gasteiger charge is 2.41. The summed E-state index contributed by atoms with van der Waals surface area (Å²) in [6.45, 7) is 5.94. The number of aliphatic hydroxyl groups is 1. The number of rotatable bonds is 8. The first-order valence-corrected chi connectivity index (χ1v) is 13.4. The van der Waals surface area contributed by atoms with Crippen molar-refractivity contribution in [2.24, 2.45) is 11.8 Å². The molecule has 0 amide bonds. The molecule has 6 nitrogen and oxygen atoms in total. The van der Waals surface area contributed by atoms with Gasteiger partial charge in [0.05, 0.1) is 19.7 Å². The first kappa shape index (κ1) is 26.0. The third kappa shape index (κ3) is 4.93. The molecule has 5 rings (SSSR count). The van der Waals surface area contributed by atoms with Crippen molar-refractivity contribution in [1.29, 1.82) is 0 Å². The predicted octanol–water partition coefficient (Wildman–Crippen LogP) is 6.00. The van der Waals surface area contributed by atoms with Crippen molar-refractivity contribution < 1.29 is 14.6 Å². The number of methoxy groups -OCH3 is 2. The van der Waals surface area contributed by atoms with Gasteiger partial charge in [0.2, 0.25) is 0 Å². The number of fused-ring (bicyclic) bond motifs is 1. The first-order valence-electron chi connectivity index (χ1n) is 13.4. The van der Waals surface area contributed by atoms with Gasteiger partial charge < -0.3 is 19.5 Å². The van der Waals surface area contributed by atoms with E-state index in [1.54, 1.807) is 14.2 Å². The van der Waals surface area contributed by atoms with Crippen LogP contribution in [0.1, 0.15) is 43.6 Å². The molecule has 1 aliphatic rings. The average molecular weight is 512 g/mol. The fourth-order valence-corrected chi connectivity index (χ4v) is 5.72. The van der Waals surface area contributed by atoms with E-state index in [0.29, 0.717) is 17.4 Å². The molecule has 2 heterocycles. The summed E-state index contributed by atoms with van der Waals surface area (Å²) in [5.74, 6) is 3.60. The van der Waals surface area contributed by atoms with Gasteiger partial charge in [-0.3, -0.25) is 0 Å². The van der Waals surface area contributed by atoms with Crippen LogP contribution in [0, 0.1) is 11.8 Å². The molecule has 0 spiro atoms. The summed E-state index contributed by atoms with van der Waals surface area (Å²) in [7, 11) is 3.29. The molecule has 198 valence electrons. The van der Waals surface area contributed by atoms with Crippen molar-refractivity contribution in [3.05, 3.63) is 89.7 Å². The lowest BCUT2D eigenvalue weighted by molar-refractivity contribution is 0.00502. The monoisotopic (exact) mass is 511 g/mol. The molecular formula is C32H37N3O3. The molecule has 0 unspecified atom stereocenters. The van der Waals surface area contributed by atoms with Gasteiger partial charge in [-0.1, -0.05) is 74.5 Å². The normalized spacial score (nSPS) is 14.7. The maximum Gasteiger partial charge on any atom is 0.162 e. The molecule has 1 aromatic heterocycles. The molecule has 3 aromatic carbocycles. The molecule has 1 fully saturated rings. The third-order valence-electron chi connectivity index (χ3n) is 7.63. The van der Waals surface area contributed by atoms with Crippen LogP contribution in [0.15, 0.2) is 72.8 Å². The quantitative estimate of drug-likeness (QED) is 0.313. The highest BCUT2D eigenvalue weighted by molar-refractivity contribution is 5.92. The van der Waals surface area contributed by atoms with Crippen LogP contribution in [-0.4, -0.2) is 42.4 Å². The second-order valence-electron chi connectivity index (χ2n) is 10.5. The number of hydrogen-bond donors (Lipinski definition) is 1. The number of hydrogen-bond acceptors (Lipinski definition) is 6. The van der Waals surface area contributed by atoms with Crippen LogP contribution in [0.25, 0.3) is 10.9 Å².